The van der Waals surface area contributed by atoms with Gasteiger partial charge in [-0.2, -0.15) is 5.10 Å². The van der Waals surface area contributed by atoms with Crippen LogP contribution in [0.3, 0.4) is 0 Å². The van der Waals surface area contributed by atoms with Crippen LogP contribution in [0, 0.1) is 0 Å². The molecule has 0 bridgehead atoms. The van der Waals surface area contributed by atoms with Gasteiger partial charge in [-0.3, -0.25) is 4.68 Å². The Bertz CT molecular complexity index is 453. The number of piperidine rings is 1. The Morgan fingerprint density at radius 2 is 2.29 bits per heavy atom. The van der Waals surface area contributed by atoms with E-state index in [1.165, 1.54) is 12.8 Å². The van der Waals surface area contributed by atoms with Crippen molar-refractivity contribution in [2.75, 3.05) is 27.2 Å². The van der Waals surface area contributed by atoms with Gasteiger partial charge in [-0.25, -0.2) is 0 Å². The molecule has 5 nitrogen and oxygen atoms in total. The molecule has 0 amide bonds. The summed E-state index contributed by atoms with van der Waals surface area (Å²) in [6.07, 6.45) is 5.86. The van der Waals surface area contributed by atoms with Gasteiger partial charge in [0.1, 0.15) is 5.60 Å². The SMILES string of the molecule is CN(C)CCn1ncc(Cl)c1C(C)(O)CC1CCCCN1. The number of nitrogens with zero attached hydrogens (tertiary/aromatic N) is 3. The van der Waals surface area contributed by atoms with E-state index < -0.39 is 5.60 Å². The van der Waals surface area contributed by atoms with Gasteiger partial charge < -0.3 is 15.3 Å². The average molecular weight is 315 g/mol. The van der Waals surface area contributed by atoms with Crippen molar-refractivity contribution in [2.45, 2.75) is 50.8 Å². The van der Waals surface area contributed by atoms with Gasteiger partial charge in [-0.1, -0.05) is 18.0 Å². The van der Waals surface area contributed by atoms with Crippen LogP contribution in [0.5, 0.6) is 0 Å². The summed E-state index contributed by atoms with van der Waals surface area (Å²) in [6, 6.07) is 0.349. The molecule has 0 radical (unpaired) electrons. The minimum absolute atomic E-state index is 0.349. The largest absolute Gasteiger partial charge is 0.384 e. The lowest BCUT2D eigenvalue weighted by atomic mass is 9.89. The van der Waals surface area contributed by atoms with Crippen LogP contribution in [0.25, 0.3) is 0 Å². The Morgan fingerprint density at radius 1 is 1.52 bits per heavy atom. The van der Waals surface area contributed by atoms with E-state index >= 15 is 0 Å². The molecular weight excluding hydrogens is 288 g/mol. The minimum atomic E-state index is -0.963. The number of nitrogens with one attached hydrogen (secondary N) is 1. The molecule has 2 heterocycles. The summed E-state index contributed by atoms with van der Waals surface area (Å²) < 4.78 is 1.84. The standard InChI is InChI=1S/C15H27ClN4O/c1-15(21,10-12-6-4-5-7-17-12)14-13(16)11-18-20(14)9-8-19(2)3/h11-12,17,21H,4-10H2,1-3H3. The summed E-state index contributed by atoms with van der Waals surface area (Å²) in [4.78, 5) is 2.09. The van der Waals surface area contributed by atoms with Crippen LogP contribution in [-0.2, 0) is 12.1 Å². The maximum atomic E-state index is 11.0. The van der Waals surface area contributed by atoms with Crippen LogP contribution < -0.4 is 5.32 Å². The Kier molecular flexibility index (Phi) is 5.66. The van der Waals surface area contributed by atoms with Crippen molar-refractivity contribution >= 4 is 11.6 Å². The molecule has 1 aliphatic heterocycles. The summed E-state index contributed by atoms with van der Waals surface area (Å²) in [5.41, 5.74) is -0.229. The van der Waals surface area contributed by atoms with Gasteiger partial charge in [0.05, 0.1) is 23.5 Å². The van der Waals surface area contributed by atoms with E-state index in [0.29, 0.717) is 17.5 Å². The van der Waals surface area contributed by atoms with Gasteiger partial charge in [0.25, 0.3) is 0 Å². The second kappa shape index (κ2) is 7.09. The van der Waals surface area contributed by atoms with Crippen LogP contribution in [0.4, 0.5) is 0 Å². The van der Waals surface area contributed by atoms with E-state index in [1.54, 1.807) is 6.20 Å². The molecule has 2 N–H and O–H groups in total. The Hall–Kier alpha value is -0.620. The first-order valence-corrected chi connectivity index (χ1v) is 8.10. The normalized spacial score (nSPS) is 22.5. The molecule has 120 valence electrons. The fourth-order valence-electron chi connectivity index (χ4n) is 3.04. The third kappa shape index (κ3) is 4.42. The van der Waals surface area contributed by atoms with Crippen molar-refractivity contribution < 1.29 is 5.11 Å². The molecule has 2 atom stereocenters. The predicted molar refractivity (Wildman–Crippen MR) is 85.6 cm³/mol. The first-order valence-electron chi connectivity index (χ1n) is 7.72. The second-order valence-electron chi connectivity index (χ2n) is 6.49. The molecule has 0 spiro atoms. The zero-order valence-electron chi connectivity index (χ0n) is 13.3. The summed E-state index contributed by atoms with van der Waals surface area (Å²) >= 11 is 6.29. The lowest BCUT2D eigenvalue weighted by Gasteiger charge is -2.32. The Labute approximate surface area is 132 Å². The van der Waals surface area contributed by atoms with E-state index in [9.17, 15) is 5.11 Å². The second-order valence-corrected chi connectivity index (χ2v) is 6.90. The van der Waals surface area contributed by atoms with Gasteiger partial charge in [0.2, 0.25) is 0 Å². The van der Waals surface area contributed by atoms with Crippen LogP contribution in [0.2, 0.25) is 5.02 Å². The van der Waals surface area contributed by atoms with Crippen molar-refractivity contribution in [2.24, 2.45) is 0 Å². The highest BCUT2D eigenvalue weighted by atomic mass is 35.5. The van der Waals surface area contributed by atoms with Crippen LogP contribution in [0.1, 0.15) is 38.3 Å². The average Bonchev–Trinajstić information content (AvgIpc) is 2.79. The molecule has 0 aromatic carbocycles. The molecule has 1 aromatic heterocycles. The number of rotatable bonds is 6. The number of hydrogen-bond donors (Lipinski definition) is 2. The maximum Gasteiger partial charge on any atom is 0.106 e. The van der Waals surface area contributed by atoms with Crippen molar-refractivity contribution in [1.82, 2.24) is 20.0 Å². The number of aliphatic hydroxyl groups is 1. The number of aromatic nitrogens is 2. The lowest BCUT2D eigenvalue weighted by Crippen LogP contribution is -2.41. The first-order chi connectivity index (χ1) is 9.90. The molecule has 2 unspecified atom stereocenters. The number of hydrogen-bond acceptors (Lipinski definition) is 4. The van der Waals surface area contributed by atoms with Gasteiger partial charge in [0.15, 0.2) is 0 Å². The van der Waals surface area contributed by atoms with E-state index in [1.807, 2.05) is 25.7 Å². The zero-order chi connectivity index (χ0) is 15.5. The summed E-state index contributed by atoms with van der Waals surface area (Å²) in [5.74, 6) is 0. The maximum absolute atomic E-state index is 11.0. The van der Waals surface area contributed by atoms with Gasteiger partial charge in [0, 0.05) is 12.6 Å². The molecule has 21 heavy (non-hydrogen) atoms. The molecule has 0 saturated carbocycles. The van der Waals surface area contributed by atoms with E-state index in [2.05, 4.69) is 15.3 Å². The van der Waals surface area contributed by atoms with Crippen molar-refractivity contribution in [3.63, 3.8) is 0 Å². The minimum Gasteiger partial charge on any atom is -0.384 e. The highest BCUT2D eigenvalue weighted by molar-refractivity contribution is 6.31. The van der Waals surface area contributed by atoms with Crippen LogP contribution >= 0.6 is 11.6 Å². The third-order valence-electron chi connectivity index (χ3n) is 4.12. The van der Waals surface area contributed by atoms with E-state index in [0.717, 1.165) is 31.7 Å². The molecule has 1 aromatic rings. The monoisotopic (exact) mass is 314 g/mol. The van der Waals surface area contributed by atoms with Crippen LogP contribution in [0.15, 0.2) is 6.20 Å². The number of halogens is 1. The summed E-state index contributed by atoms with van der Waals surface area (Å²) in [6.45, 7) is 4.47. The van der Waals surface area contributed by atoms with Crippen molar-refractivity contribution in [1.29, 1.82) is 0 Å². The quantitative estimate of drug-likeness (QED) is 0.841. The summed E-state index contributed by atoms with van der Waals surface area (Å²) in [7, 11) is 4.05. The Morgan fingerprint density at radius 3 is 2.90 bits per heavy atom. The fourth-order valence-corrected chi connectivity index (χ4v) is 3.38. The zero-order valence-corrected chi connectivity index (χ0v) is 14.0. The summed E-state index contributed by atoms with van der Waals surface area (Å²) in [5, 5.41) is 19.3. The molecule has 1 saturated heterocycles. The molecule has 2 rings (SSSR count). The predicted octanol–water partition coefficient (Wildman–Crippen LogP) is 1.84. The molecule has 1 fully saturated rings. The topological polar surface area (TPSA) is 53.3 Å². The molecule has 1 aliphatic rings. The highest BCUT2D eigenvalue weighted by Gasteiger charge is 2.33. The third-order valence-corrected chi connectivity index (χ3v) is 4.40. The van der Waals surface area contributed by atoms with Crippen molar-refractivity contribution in [3.8, 4) is 0 Å². The first kappa shape index (κ1) is 16.7. The highest BCUT2D eigenvalue weighted by Crippen LogP contribution is 2.33. The lowest BCUT2D eigenvalue weighted by molar-refractivity contribution is 0.0242. The Balaban J connectivity index is 2.11. The van der Waals surface area contributed by atoms with Crippen molar-refractivity contribution in [3.05, 3.63) is 16.9 Å². The van der Waals surface area contributed by atoms with Gasteiger partial charge >= 0.3 is 0 Å². The smallest absolute Gasteiger partial charge is 0.106 e. The van der Waals surface area contributed by atoms with Gasteiger partial charge in [-0.15, -0.1) is 0 Å². The molecule has 0 aliphatic carbocycles. The molecule has 6 heteroatoms. The van der Waals surface area contributed by atoms with E-state index in [-0.39, 0.29) is 0 Å². The van der Waals surface area contributed by atoms with E-state index in [4.69, 9.17) is 11.6 Å². The van der Waals surface area contributed by atoms with Crippen LogP contribution in [-0.4, -0.2) is 53.0 Å². The number of likely N-dealkylation sites (N-methyl/N-ethyl adjacent to an activating group) is 1. The molecular formula is C15H27ClN4O. The van der Waals surface area contributed by atoms with Gasteiger partial charge in [-0.05, 0) is 46.8 Å². The fraction of sp³-hybridized carbons (Fsp3) is 0.800.